The van der Waals surface area contributed by atoms with Crippen molar-refractivity contribution < 1.29 is 9.90 Å². The minimum atomic E-state index is -0.630. The van der Waals surface area contributed by atoms with Crippen molar-refractivity contribution in [2.45, 2.75) is 45.4 Å². The van der Waals surface area contributed by atoms with Crippen LogP contribution in [0, 0.1) is 11.8 Å². The standard InChI is InChI=1S/C10H18O2.Li.H/c1-2-8-3-5-9(6-4-8)7-10(11)12;;/h8-9H,2-7H2,1H3,(H,11,12);;. The van der Waals surface area contributed by atoms with Crippen molar-refractivity contribution in [2.24, 2.45) is 11.8 Å². The molecule has 0 amide bonds. The summed E-state index contributed by atoms with van der Waals surface area (Å²) in [6.45, 7) is 2.22. The van der Waals surface area contributed by atoms with Crippen LogP contribution < -0.4 is 0 Å². The molecule has 1 saturated carbocycles. The average Bonchev–Trinajstić information content (AvgIpc) is 2.05. The number of carbonyl (C=O) groups is 1. The summed E-state index contributed by atoms with van der Waals surface area (Å²) in [5.74, 6) is 0.704. The van der Waals surface area contributed by atoms with Crippen molar-refractivity contribution >= 4 is 24.8 Å². The van der Waals surface area contributed by atoms with E-state index in [1.165, 1.54) is 19.3 Å². The molecule has 1 rings (SSSR count). The van der Waals surface area contributed by atoms with E-state index in [4.69, 9.17) is 5.11 Å². The van der Waals surface area contributed by atoms with E-state index < -0.39 is 5.97 Å². The Hall–Kier alpha value is 0.0674. The summed E-state index contributed by atoms with van der Waals surface area (Å²) >= 11 is 0. The molecule has 0 aromatic heterocycles. The van der Waals surface area contributed by atoms with E-state index in [-0.39, 0.29) is 18.9 Å². The van der Waals surface area contributed by atoms with Crippen LogP contribution in [0.3, 0.4) is 0 Å². The second kappa shape index (κ2) is 6.51. The SMILES string of the molecule is CCC1CCC(CC(=O)O)CC1.[LiH]. The van der Waals surface area contributed by atoms with Gasteiger partial charge in [-0.25, -0.2) is 0 Å². The molecule has 2 nitrogen and oxygen atoms in total. The number of hydrogen-bond acceptors (Lipinski definition) is 1. The first-order valence-corrected chi connectivity index (χ1v) is 4.94. The van der Waals surface area contributed by atoms with Gasteiger partial charge in [0.15, 0.2) is 0 Å². The monoisotopic (exact) mass is 178 g/mol. The van der Waals surface area contributed by atoms with E-state index in [0.29, 0.717) is 12.3 Å². The first-order valence-electron chi connectivity index (χ1n) is 4.94. The van der Waals surface area contributed by atoms with Crippen LogP contribution >= 0.6 is 0 Å². The molecule has 0 saturated heterocycles. The van der Waals surface area contributed by atoms with E-state index in [1.807, 2.05) is 0 Å². The summed E-state index contributed by atoms with van der Waals surface area (Å²) in [6.07, 6.45) is 6.40. The van der Waals surface area contributed by atoms with Crippen molar-refractivity contribution in [1.29, 1.82) is 0 Å². The van der Waals surface area contributed by atoms with Gasteiger partial charge in [-0.3, -0.25) is 4.79 Å². The fraction of sp³-hybridized carbons (Fsp3) is 0.900. The van der Waals surface area contributed by atoms with Crippen LogP contribution in [0.5, 0.6) is 0 Å². The van der Waals surface area contributed by atoms with Crippen LogP contribution in [0.4, 0.5) is 0 Å². The van der Waals surface area contributed by atoms with Gasteiger partial charge in [-0.15, -0.1) is 0 Å². The number of hydrogen-bond donors (Lipinski definition) is 1. The van der Waals surface area contributed by atoms with Gasteiger partial charge in [0, 0.05) is 6.42 Å². The molecule has 0 radical (unpaired) electrons. The molecular weight excluding hydrogens is 159 g/mol. The molecule has 0 atom stereocenters. The summed E-state index contributed by atoms with van der Waals surface area (Å²) < 4.78 is 0. The normalized spacial score (nSPS) is 27.8. The molecular formula is C10H19LiO2. The number of aliphatic carboxylic acids is 1. The third-order valence-electron chi connectivity index (χ3n) is 3.01. The molecule has 72 valence electrons. The quantitative estimate of drug-likeness (QED) is 0.671. The van der Waals surface area contributed by atoms with E-state index in [2.05, 4.69) is 6.92 Å². The molecule has 13 heavy (non-hydrogen) atoms. The van der Waals surface area contributed by atoms with Gasteiger partial charge in [0.25, 0.3) is 0 Å². The fourth-order valence-corrected chi connectivity index (χ4v) is 2.09. The molecule has 0 unspecified atom stereocenters. The maximum absolute atomic E-state index is 10.4. The second-order valence-electron chi connectivity index (χ2n) is 3.89. The molecule has 1 aliphatic rings. The third-order valence-corrected chi connectivity index (χ3v) is 3.01. The van der Waals surface area contributed by atoms with Gasteiger partial charge in [0.2, 0.25) is 0 Å². The Morgan fingerprint density at radius 1 is 1.23 bits per heavy atom. The first kappa shape index (κ1) is 13.1. The van der Waals surface area contributed by atoms with E-state index in [1.54, 1.807) is 0 Å². The molecule has 1 N–H and O–H groups in total. The minimum absolute atomic E-state index is 0. The zero-order valence-corrected chi connectivity index (χ0v) is 7.75. The van der Waals surface area contributed by atoms with Gasteiger partial charge < -0.3 is 5.11 Å². The first-order chi connectivity index (χ1) is 5.72. The topological polar surface area (TPSA) is 37.3 Å². The Labute approximate surface area is 92.3 Å². The molecule has 1 fully saturated rings. The van der Waals surface area contributed by atoms with Gasteiger partial charge in [-0.2, -0.15) is 0 Å². The van der Waals surface area contributed by atoms with Crippen LogP contribution in [0.15, 0.2) is 0 Å². The van der Waals surface area contributed by atoms with Gasteiger partial charge in [0.1, 0.15) is 0 Å². The molecule has 1 aliphatic carbocycles. The summed E-state index contributed by atoms with van der Waals surface area (Å²) in [4.78, 5) is 10.4. The van der Waals surface area contributed by atoms with Gasteiger partial charge in [-0.1, -0.05) is 26.2 Å². The molecule has 3 heteroatoms. The van der Waals surface area contributed by atoms with Gasteiger partial charge >= 0.3 is 24.8 Å². The number of rotatable bonds is 3. The summed E-state index contributed by atoms with van der Waals surface area (Å²) in [5, 5.41) is 8.59. The van der Waals surface area contributed by atoms with Crippen molar-refractivity contribution in [3.05, 3.63) is 0 Å². The molecule has 0 aromatic rings. The van der Waals surface area contributed by atoms with Crippen LogP contribution in [0.2, 0.25) is 0 Å². The number of carboxylic acid groups (broad SMARTS) is 1. The van der Waals surface area contributed by atoms with Crippen LogP contribution in [-0.4, -0.2) is 29.9 Å². The Balaban J connectivity index is 0.00000144. The molecule has 0 bridgehead atoms. The van der Waals surface area contributed by atoms with E-state index in [0.717, 1.165) is 18.8 Å². The molecule has 0 spiro atoms. The van der Waals surface area contributed by atoms with Crippen molar-refractivity contribution in [1.82, 2.24) is 0 Å². The van der Waals surface area contributed by atoms with Crippen molar-refractivity contribution in [3.63, 3.8) is 0 Å². The third kappa shape index (κ3) is 4.74. The van der Waals surface area contributed by atoms with Crippen molar-refractivity contribution in [2.75, 3.05) is 0 Å². The average molecular weight is 178 g/mol. The Kier molecular flexibility index (Phi) is 6.54. The van der Waals surface area contributed by atoms with Crippen LogP contribution in [0.25, 0.3) is 0 Å². The zero-order chi connectivity index (χ0) is 8.97. The Morgan fingerprint density at radius 2 is 1.69 bits per heavy atom. The maximum atomic E-state index is 10.4. The second-order valence-corrected chi connectivity index (χ2v) is 3.89. The van der Waals surface area contributed by atoms with Gasteiger partial charge in [0.05, 0.1) is 0 Å². The van der Waals surface area contributed by atoms with Crippen molar-refractivity contribution in [3.8, 4) is 0 Å². The number of carboxylic acids is 1. The molecule has 0 aliphatic heterocycles. The summed E-state index contributed by atoms with van der Waals surface area (Å²) in [5.41, 5.74) is 0. The van der Waals surface area contributed by atoms with E-state index in [9.17, 15) is 4.79 Å². The Bertz CT molecular complexity index is 151. The van der Waals surface area contributed by atoms with E-state index >= 15 is 0 Å². The summed E-state index contributed by atoms with van der Waals surface area (Å²) in [6, 6.07) is 0. The van der Waals surface area contributed by atoms with Crippen LogP contribution in [-0.2, 0) is 4.79 Å². The predicted octanol–water partition coefficient (Wildman–Crippen LogP) is 2.03. The van der Waals surface area contributed by atoms with Gasteiger partial charge in [-0.05, 0) is 24.7 Å². The molecule has 0 aromatic carbocycles. The summed E-state index contributed by atoms with van der Waals surface area (Å²) in [7, 11) is 0. The molecule has 0 heterocycles. The predicted molar refractivity (Wildman–Crippen MR) is 55.1 cm³/mol. The zero-order valence-electron chi connectivity index (χ0n) is 7.75. The van der Waals surface area contributed by atoms with Crippen LogP contribution in [0.1, 0.15) is 45.4 Å². The Morgan fingerprint density at radius 3 is 2.08 bits per heavy atom. The fourth-order valence-electron chi connectivity index (χ4n) is 2.09.